The van der Waals surface area contributed by atoms with Crippen molar-refractivity contribution in [1.29, 1.82) is 0 Å². The minimum atomic E-state index is -1.54. The lowest BCUT2D eigenvalue weighted by atomic mass is 10.0. The van der Waals surface area contributed by atoms with E-state index in [1.165, 1.54) is 14.0 Å². The van der Waals surface area contributed by atoms with Crippen LogP contribution in [-0.4, -0.2) is 48.4 Å². The highest BCUT2D eigenvalue weighted by atomic mass is 16.6. The molecule has 2 N–H and O–H groups in total. The molecule has 3 unspecified atom stereocenters. The topological polar surface area (TPSA) is 94.1 Å². The van der Waals surface area contributed by atoms with Crippen LogP contribution in [0.2, 0.25) is 0 Å². The predicted octanol–water partition coefficient (Wildman–Crippen LogP) is 0.821. The van der Waals surface area contributed by atoms with E-state index in [2.05, 4.69) is 5.32 Å². The lowest BCUT2D eigenvalue weighted by molar-refractivity contribution is -0.152. The Hall–Kier alpha value is -2.28. The number of ether oxygens (including phenoxy) is 3. The average Bonchev–Trinajstić information content (AvgIpc) is 2.46. The molecule has 1 aromatic rings. The first-order valence-corrected chi connectivity index (χ1v) is 6.84. The van der Waals surface area contributed by atoms with Crippen LogP contribution in [0.15, 0.2) is 24.3 Å². The van der Waals surface area contributed by atoms with Crippen LogP contribution in [-0.2, 0) is 14.3 Å². The van der Waals surface area contributed by atoms with Gasteiger partial charge in [-0.15, -0.1) is 0 Å². The maximum atomic E-state index is 12.4. The van der Waals surface area contributed by atoms with E-state index in [1.807, 2.05) is 0 Å². The van der Waals surface area contributed by atoms with Gasteiger partial charge in [0.15, 0.2) is 17.0 Å². The molecule has 120 valence electrons. The van der Waals surface area contributed by atoms with Crippen molar-refractivity contribution in [3.8, 4) is 11.5 Å². The second-order valence-corrected chi connectivity index (χ2v) is 5.37. The number of nitrogens with one attached hydrogen (secondary N) is 1. The Labute approximate surface area is 128 Å². The number of carboxylic acid groups (broad SMARTS) is 1. The Morgan fingerprint density at radius 1 is 1.32 bits per heavy atom. The summed E-state index contributed by atoms with van der Waals surface area (Å²) in [6, 6.07) is 6.99. The van der Waals surface area contributed by atoms with Gasteiger partial charge in [0, 0.05) is 7.11 Å². The predicted molar refractivity (Wildman–Crippen MR) is 77.0 cm³/mol. The van der Waals surface area contributed by atoms with Crippen LogP contribution < -0.4 is 14.8 Å². The highest BCUT2D eigenvalue weighted by molar-refractivity contribution is 5.89. The quantitative estimate of drug-likeness (QED) is 0.836. The second kappa shape index (κ2) is 6.23. The van der Waals surface area contributed by atoms with Crippen LogP contribution in [0.25, 0.3) is 0 Å². The summed E-state index contributed by atoms with van der Waals surface area (Å²) in [4.78, 5) is 23.7. The molecule has 0 saturated heterocycles. The van der Waals surface area contributed by atoms with Gasteiger partial charge in [-0.25, -0.2) is 4.79 Å². The molecule has 2 rings (SSSR count). The minimum Gasteiger partial charge on any atom is -0.482 e. The number of carboxylic acids is 1. The van der Waals surface area contributed by atoms with Crippen LogP contribution in [0.5, 0.6) is 11.5 Å². The van der Waals surface area contributed by atoms with Crippen molar-refractivity contribution in [2.45, 2.75) is 31.6 Å². The Bertz CT molecular complexity index is 575. The standard InChI is InChI=1S/C15H19NO6/c1-9-12(22-11-7-5-4-6-10(11)21-9)13(17)16-15(2,8-20-3)14(18)19/h4-7,9,12H,8H2,1-3H3,(H,16,17)(H,18,19). The fourth-order valence-electron chi connectivity index (χ4n) is 2.19. The number of aliphatic carboxylic acids is 1. The third kappa shape index (κ3) is 3.14. The maximum absolute atomic E-state index is 12.4. The van der Waals surface area contributed by atoms with Gasteiger partial charge in [0.1, 0.15) is 6.10 Å². The van der Waals surface area contributed by atoms with E-state index in [1.54, 1.807) is 31.2 Å². The van der Waals surface area contributed by atoms with Gasteiger partial charge in [-0.3, -0.25) is 4.79 Å². The molecule has 3 atom stereocenters. The number of hydrogen-bond acceptors (Lipinski definition) is 5. The highest BCUT2D eigenvalue weighted by Gasteiger charge is 2.41. The summed E-state index contributed by atoms with van der Waals surface area (Å²) in [5, 5.41) is 11.7. The number of carbonyl (C=O) groups is 2. The summed E-state index contributed by atoms with van der Waals surface area (Å²) in [7, 11) is 1.37. The average molecular weight is 309 g/mol. The molecule has 1 amide bonds. The molecular weight excluding hydrogens is 290 g/mol. The molecule has 0 aliphatic carbocycles. The van der Waals surface area contributed by atoms with Gasteiger partial charge in [-0.1, -0.05) is 12.1 Å². The molecule has 0 fully saturated rings. The summed E-state index contributed by atoms with van der Waals surface area (Å²) >= 11 is 0. The lowest BCUT2D eigenvalue weighted by Crippen LogP contribution is -2.60. The van der Waals surface area contributed by atoms with E-state index in [9.17, 15) is 14.7 Å². The molecule has 0 bridgehead atoms. The zero-order valence-corrected chi connectivity index (χ0v) is 12.7. The van der Waals surface area contributed by atoms with E-state index >= 15 is 0 Å². The molecule has 7 heteroatoms. The third-order valence-electron chi connectivity index (χ3n) is 3.40. The molecule has 0 spiro atoms. The van der Waals surface area contributed by atoms with Crippen molar-refractivity contribution in [2.24, 2.45) is 0 Å². The van der Waals surface area contributed by atoms with Crippen molar-refractivity contribution >= 4 is 11.9 Å². The maximum Gasteiger partial charge on any atom is 0.331 e. The molecule has 22 heavy (non-hydrogen) atoms. The zero-order chi connectivity index (χ0) is 16.3. The first-order valence-electron chi connectivity index (χ1n) is 6.84. The number of carbonyl (C=O) groups excluding carboxylic acids is 1. The first-order chi connectivity index (χ1) is 10.4. The number of amides is 1. The van der Waals surface area contributed by atoms with E-state index < -0.39 is 29.6 Å². The van der Waals surface area contributed by atoms with Crippen LogP contribution in [0.3, 0.4) is 0 Å². The Balaban J connectivity index is 2.14. The number of hydrogen-bond donors (Lipinski definition) is 2. The SMILES string of the molecule is COCC(C)(NC(=O)C1Oc2ccccc2OC1C)C(=O)O. The normalized spacial score (nSPS) is 22.5. The summed E-state index contributed by atoms with van der Waals surface area (Å²) in [5.74, 6) is -0.752. The van der Waals surface area contributed by atoms with Crippen molar-refractivity contribution in [3.05, 3.63) is 24.3 Å². The summed E-state index contributed by atoms with van der Waals surface area (Å²) in [5.41, 5.74) is -1.54. The van der Waals surface area contributed by atoms with Gasteiger partial charge < -0.3 is 24.6 Å². The van der Waals surface area contributed by atoms with Gasteiger partial charge in [-0.2, -0.15) is 0 Å². The molecular formula is C15H19NO6. The van der Waals surface area contributed by atoms with E-state index in [0.717, 1.165) is 0 Å². The van der Waals surface area contributed by atoms with Crippen LogP contribution in [0.4, 0.5) is 0 Å². The molecule has 1 aliphatic heterocycles. The molecule has 0 aromatic heterocycles. The Kier molecular flexibility index (Phi) is 4.56. The fraction of sp³-hybridized carbons (Fsp3) is 0.467. The van der Waals surface area contributed by atoms with E-state index in [4.69, 9.17) is 14.2 Å². The van der Waals surface area contributed by atoms with Gasteiger partial charge in [0.2, 0.25) is 6.10 Å². The number of fused-ring (bicyclic) bond motifs is 1. The summed E-state index contributed by atoms with van der Waals surface area (Å²) < 4.78 is 16.1. The van der Waals surface area contributed by atoms with E-state index in [0.29, 0.717) is 11.5 Å². The van der Waals surface area contributed by atoms with E-state index in [-0.39, 0.29) is 6.61 Å². The molecule has 1 aromatic carbocycles. The van der Waals surface area contributed by atoms with Crippen LogP contribution in [0.1, 0.15) is 13.8 Å². The monoisotopic (exact) mass is 309 g/mol. The van der Waals surface area contributed by atoms with Gasteiger partial charge in [0.05, 0.1) is 6.61 Å². The summed E-state index contributed by atoms with van der Waals surface area (Å²) in [6.45, 7) is 2.90. The fourth-order valence-corrected chi connectivity index (χ4v) is 2.19. The second-order valence-electron chi connectivity index (χ2n) is 5.37. The summed E-state index contributed by atoms with van der Waals surface area (Å²) in [6.07, 6.45) is -1.49. The lowest BCUT2D eigenvalue weighted by Gasteiger charge is -2.33. The Morgan fingerprint density at radius 3 is 2.45 bits per heavy atom. The molecule has 7 nitrogen and oxygen atoms in total. The van der Waals surface area contributed by atoms with Crippen LogP contribution >= 0.6 is 0 Å². The van der Waals surface area contributed by atoms with Gasteiger partial charge in [0.25, 0.3) is 5.91 Å². The number of methoxy groups -OCH3 is 1. The minimum absolute atomic E-state index is 0.160. The van der Waals surface area contributed by atoms with Crippen molar-refractivity contribution < 1.29 is 28.9 Å². The molecule has 1 heterocycles. The van der Waals surface area contributed by atoms with Gasteiger partial charge in [-0.05, 0) is 26.0 Å². The van der Waals surface area contributed by atoms with Gasteiger partial charge >= 0.3 is 5.97 Å². The molecule has 0 radical (unpaired) electrons. The zero-order valence-electron chi connectivity index (χ0n) is 12.7. The van der Waals surface area contributed by atoms with Crippen molar-refractivity contribution in [1.82, 2.24) is 5.32 Å². The number of para-hydroxylation sites is 2. The largest absolute Gasteiger partial charge is 0.482 e. The smallest absolute Gasteiger partial charge is 0.331 e. The Morgan fingerprint density at radius 2 is 1.91 bits per heavy atom. The van der Waals surface area contributed by atoms with Crippen molar-refractivity contribution in [3.63, 3.8) is 0 Å². The number of rotatable bonds is 5. The first kappa shape index (κ1) is 16.1. The van der Waals surface area contributed by atoms with Crippen molar-refractivity contribution in [2.75, 3.05) is 13.7 Å². The third-order valence-corrected chi connectivity index (χ3v) is 3.40. The number of benzene rings is 1. The molecule has 0 saturated carbocycles. The molecule has 1 aliphatic rings. The highest BCUT2D eigenvalue weighted by Crippen LogP contribution is 2.33. The van der Waals surface area contributed by atoms with Crippen LogP contribution in [0, 0.1) is 0 Å².